The molecule has 0 aromatic rings. The molecule has 7 atom stereocenters. The molecule has 5 nitrogen and oxygen atoms in total. The molecule has 7 unspecified atom stereocenters. The van der Waals surface area contributed by atoms with Crippen LogP contribution >= 0.6 is 0 Å². The second kappa shape index (κ2) is 12.5. The average Bonchev–Trinajstić information content (AvgIpc) is 2.74. The van der Waals surface area contributed by atoms with Crippen molar-refractivity contribution in [1.29, 1.82) is 0 Å². The van der Waals surface area contributed by atoms with Gasteiger partial charge in [-0.2, -0.15) is 0 Å². The van der Waals surface area contributed by atoms with Gasteiger partial charge in [-0.1, -0.05) is 50.1 Å². The average molecular weight is 421 g/mol. The third kappa shape index (κ3) is 7.09. The maximum Gasteiger partial charge on any atom is 0.110 e. The van der Waals surface area contributed by atoms with Crippen molar-refractivity contribution in [3.63, 3.8) is 0 Å². The minimum Gasteiger partial charge on any atom is -0.512 e. The Morgan fingerprint density at radius 2 is 1.87 bits per heavy atom. The maximum absolute atomic E-state index is 11.1. The normalized spacial score (nSPS) is 38.6. The molecule has 170 valence electrons. The molecule has 2 aliphatic rings. The highest BCUT2D eigenvalue weighted by Crippen LogP contribution is 2.36. The molecule has 0 spiro atoms. The van der Waals surface area contributed by atoms with Gasteiger partial charge in [0.05, 0.1) is 18.0 Å². The molecule has 0 aromatic heterocycles. The molecule has 2 aliphatic carbocycles. The minimum atomic E-state index is -1.25. The van der Waals surface area contributed by atoms with Gasteiger partial charge in [0.2, 0.25) is 0 Å². The lowest BCUT2D eigenvalue weighted by molar-refractivity contribution is -0.0396. The fourth-order valence-corrected chi connectivity index (χ4v) is 4.61. The van der Waals surface area contributed by atoms with Crippen LogP contribution in [-0.4, -0.2) is 49.9 Å². The summed E-state index contributed by atoms with van der Waals surface area (Å²) in [6.07, 6.45) is 11.3. The number of aliphatic hydroxyl groups excluding tert-OH is 5. The lowest BCUT2D eigenvalue weighted by Crippen LogP contribution is -2.36. The second-order valence-electron chi connectivity index (χ2n) is 8.88. The standard InChI is InChI=1S/C25H40O5/c1-3-17(4-2)15-23(28)20-11-7-8-12-21(26)25(30)22(27)14-13-18-9-5-6-10-19(18)16-24(20)29/h3,7-8,13-14,17-19,21-22,24-30H,1,4-6,9-12,15-16H2,2H3/b8-7+,14-13-,23-20-. The first-order chi connectivity index (χ1) is 14.4. The first-order valence-corrected chi connectivity index (χ1v) is 11.5. The van der Waals surface area contributed by atoms with E-state index >= 15 is 0 Å². The van der Waals surface area contributed by atoms with Gasteiger partial charge in [0.25, 0.3) is 0 Å². The Labute approximate surface area is 181 Å². The molecule has 0 radical (unpaired) electrons. The lowest BCUT2D eigenvalue weighted by Gasteiger charge is -2.32. The van der Waals surface area contributed by atoms with Crippen LogP contribution in [0.3, 0.4) is 0 Å². The van der Waals surface area contributed by atoms with E-state index in [1.807, 2.05) is 25.2 Å². The van der Waals surface area contributed by atoms with Crippen LogP contribution in [0.5, 0.6) is 0 Å². The Bertz CT molecular complexity index is 623. The summed E-state index contributed by atoms with van der Waals surface area (Å²) in [6.45, 7) is 5.89. The molecule has 5 N–H and O–H groups in total. The third-order valence-electron chi connectivity index (χ3n) is 6.76. The largest absolute Gasteiger partial charge is 0.512 e. The van der Waals surface area contributed by atoms with E-state index in [4.69, 9.17) is 0 Å². The van der Waals surface area contributed by atoms with Crippen molar-refractivity contribution in [2.45, 2.75) is 89.1 Å². The minimum absolute atomic E-state index is 0.158. The molecule has 0 heterocycles. The van der Waals surface area contributed by atoms with Gasteiger partial charge in [-0.05, 0) is 61.9 Å². The molecule has 0 saturated heterocycles. The fourth-order valence-electron chi connectivity index (χ4n) is 4.61. The van der Waals surface area contributed by atoms with Crippen LogP contribution in [0.15, 0.2) is 48.3 Å². The van der Waals surface area contributed by atoms with Gasteiger partial charge >= 0.3 is 0 Å². The number of allylic oxidation sites excluding steroid dienone is 4. The number of fused-ring (bicyclic) bond motifs is 1. The quantitative estimate of drug-likeness (QED) is 0.350. The van der Waals surface area contributed by atoms with Gasteiger partial charge in [-0.25, -0.2) is 0 Å². The van der Waals surface area contributed by atoms with Gasteiger partial charge < -0.3 is 25.5 Å². The molecular weight excluding hydrogens is 380 g/mol. The summed E-state index contributed by atoms with van der Waals surface area (Å²) in [5.41, 5.74) is 0.631. The number of hydrogen-bond donors (Lipinski definition) is 5. The second-order valence-corrected chi connectivity index (χ2v) is 8.88. The van der Waals surface area contributed by atoms with E-state index in [0.29, 0.717) is 24.8 Å². The Morgan fingerprint density at radius 1 is 1.13 bits per heavy atom. The first-order valence-electron chi connectivity index (χ1n) is 11.5. The van der Waals surface area contributed by atoms with Crippen molar-refractivity contribution in [1.82, 2.24) is 0 Å². The molecule has 0 bridgehead atoms. The van der Waals surface area contributed by atoms with Crippen LogP contribution < -0.4 is 0 Å². The van der Waals surface area contributed by atoms with Crippen LogP contribution in [0, 0.1) is 17.8 Å². The predicted molar refractivity (Wildman–Crippen MR) is 120 cm³/mol. The van der Waals surface area contributed by atoms with E-state index in [1.165, 1.54) is 0 Å². The van der Waals surface area contributed by atoms with Crippen LogP contribution in [0.2, 0.25) is 0 Å². The summed E-state index contributed by atoms with van der Waals surface area (Å²) in [5, 5.41) is 52.5. The van der Waals surface area contributed by atoms with Crippen molar-refractivity contribution in [3.05, 3.63) is 48.3 Å². The summed E-state index contributed by atoms with van der Waals surface area (Å²) >= 11 is 0. The number of rotatable bonds is 4. The van der Waals surface area contributed by atoms with Crippen molar-refractivity contribution < 1.29 is 25.5 Å². The molecule has 1 fully saturated rings. The van der Waals surface area contributed by atoms with Crippen molar-refractivity contribution in [3.8, 4) is 0 Å². The molecule has 1 saturated carbocycles. The van der Waals surface area contributed by atoms with Crippen LogP contribution in [0.25, 0.3) is 0 Å². The number of aliphatic hydroxyl groups is 5. The molecule has 2 rings (SSSR count). The maximum atomic E-state index is 11.1. The molecule has 0 amide bonds. The molecule has 0 aromatic carbocycles. The number of hydrogen-bond acceptors (Lipinski definition) is 5. The van der Waals surface area contributed by atoms with Crippen LogP contribution in [-0.2, 0) is 0 Å². The monoisotopic (exact) mass is 420 g/mol. The fraction of sp³-hybridized carbons (Fsp3) is 0.680. The predicted octanol–water partition coefficient (Wildman–Crippen LogP) is 3.95. The Hall–Kier alpha value is -1.40. The third-order valence-corrected chi connectivity index (χ3v) is 6.76. The molecule has 30 heavy (non-hydrogen) atoms. The van der Waals surface area contributed by atoms with Crippen molar-refractivity contribution in [2.75, 3.05) is 0 Å². The van der Waals surface area contributed by atoms with E-state index in [2.05, 4.69) is 6.58 Å². The Morgan fingerprint density at radius 3 is 2.57 bits per heavy atom. The van der Waals surface area contributed by atoms with Crippen molar-refractivity contribution >= 4 is 0 Å². The zero-order valence-corrected chi connectivity index (χ0v) is 18.2. The van der Waals surface area contributed by atoms with E-state index in [0.717, 1.165) is 32.1 Å². The van der Waals surface area contributed by atoms with Gasteiger partial charge in [-0.15, -0.1) is 6.58 Å². The molecular formula is C25H40O5. The smallest absolute Gasteiger partial charge is 0.110 e. The highest BCUT2D eigenvalue weighted by Gasteiger charge is 2.29. The Kier molecular flexibility index (Phi) is 10.3. The molecule has 0 aliphatic heterocycles. The lowest BCUT2D eigenvalue weighted by atomic mass is 9.75. The van der Waals surface area contributed by atoms with Gasteiger partial charge in [0, 0.05) is 6.42 Å². The van der Waals surface area contributed by atoms with E-state index < -0.39 is 24.4 Å². The van der Waals surface area contributed by atoms with Gasteiger partial charge in [-0.3, -0.25) is 0 Å². The Balaban J connectivity index is 2.31. The van der Waals surface area contributed by atoms with Gasteiger partial charge in [0.15, 0.2) is 0 Å². The van der Waals surface area contributed by atoms with E-state index in [1.54, 1.807) is 12.2 Å². The summed E-state index contributed by atoms with van der Waals surface area (Å²) < 4.78 is 0. The summed E-state index contributed by atoms with van der Waals surface area (Å²) in [6, 6.07) is 0. The van der Waals surface area contributed by atoms with E-state index in [9.17, 15) is 25.5 Å². The highest BCUT2D eigenvalue weighted by molar-refractivity contribution is 5.18. The highest BCUT2D eigenvalue weighted by atomic mass is 16.4. The zero-order valence-electron chi connectivity index (χ0n) is 18.2. The van der Waals surface area contributed by atoms with E-state index in [-0.39, 0.29) is 29.9 Å². The topological polar surface area (TPSA) is 101 Å². The summed E-state index contributed by atoms with van der Waals surface area (Å²) in [5.74, 6) is 0.830. The van der Waals surface area contributed by atoms with Crippen LogP contribution in [0.1, 0.15) is 64.7 Å². The van der Waals surface area contributed by atoms with Crippen LogP contribution in [0.4, 0.5) is 0 Å². The zero-order chi connectivity index (χ0) is 22.1. The van der Waals surface area contributed by atoms with Crippen molar-refractivity contribution in [2.24, 2.45) is 17.8 Å². The summed E-state index contributed by atoms with van der Waals surface area (Å²) in [4.78, 5) is 0. The molecule has 5 heteroatoms. The van der Waals surface area contributed by atoms with Gasteiger partial charge in [0.1, 0.15) is 12.2 Å². The summed E-state index contributed by atoms with van der Waals surface area (Å²) in [7, 11) is 0. The SMILES string of the molecule is C=CC(CC)C/C(O)=C1\C/C=C/CC(O)C(O)C(O)/C=C\C2CCCCC2CC1O. The first kappa shape index (κ1) is 24.9.